The summed E-state index contributed by atoms with van der Waals surface area (Å²) in [6.07, 6.45) is 10.6. The number of nitrogens with zero attached hydrogens (tertiary/aromatic N) is 1. The summed E-state index contributed by atoms with van der Waals surface area (Å²) < 4.78 is 0. The number of fused-ring (bicyclic) bond motifs is 5. The van der Waals surface area contributed by atoms with Gasteiger partial charge in [-0.25, -0.2) is 0 Å². The maximum Gasteiger partial charge on any atom is 0.220 e. The second kappa shape index (κ2) is 5.09. The molecule has 1 saturated heterocycles. The van der Waals surface area contributed by atoms with Crippen LogP contribution in [-0.2, 0) is 4.79 Å². The van der Waals surface area contributed by atoms with Gasteiger partial charge < -0.3 is 10.5 Å². The molecule has 0 aromatic carbocycles. The van der Waals surface area contributed by atoms with Gasteiger partial charge in [-0.1, -0.05) is 17.7 Å². The minimum Gasteiger partial charge on any atom is -0.411 e. The monoisotopic (exact) mass is 316 g/mol. The first-order valence-electron chi connectivity index (χ1n) is 9.19. The maximum atomic E-state index is 11.9. The first-order valence-corrected chi connectivity index (χ1v) is 9.19. The van der Waals surface area contributed by atoms with Crippen LogP contribution in [0.4, 0.5) is 0 Å². The molecule has 4 aliphatic rings. The van der Waals surface area contributed by atoms with E-state index in [0.29, 0.717) is 12.3 Å². The molecule has 5 atom stereocenters. The molecule has 4 nitrogen and oxygen atoms in total. The number of carbonyl (C=O) groups is 1. The van der Waals surface area contributed by atoms with E-state index in [1.54, 1.807) is 0 Å². The normalized spacial score (nSPS) is 47.9. The number of amides is 1. The fourth-order valence-electron chi connectivity index (χ4n) is 6.33. The fourth-order valence-corrected chi connectivity index (χ4v) is 6.33. The zero-order chi connectivity index (χ0) is 16.2. The summed E-state index contributed by atoms with van der Waals surface area (Å²) in [5, 5.41) is 15.9. The van der Waals surface area contributed by atoms with Gasteiger partial charge in [0.15, 0.2) is 0 Å². The van der Waals surface area contributed by atoms with Crippen LogP contribution in [0.2, 0.25) is 0 Å². The van der Waals surface area contributed by atoms with Crippen LogP contribution in [0.1, 0.15) is 65.2 Å². The van der Waals surface area contributed by atoms with Crippen LogP contribution >= 0.6 is 0 Å². The highest BCUT2D eigenvalue weighted by molar-refractivity contribution is 5.96. The maximum absolute atomic E-state index is 11.9. The molecule has 0 unspecified atom stereocenters. The van der Waals surface area contributed by atoms with Crippen LogP contribution < -0.4 is 5.32 Å². The molecule has 4 rings (SSSR count). The molecule has 3 fully saturated rings. The molecule has 0 aromatic heterocycles. The Morgan fingerprint density at radius 3 is 2.74 bits per heavy atom. The van der Waals surface area contributed by atoms with E-state index in [1.165, 1.54) is 18.4 Å². The number of rotatable bonds is 0. The molecular formula is C19H28N2O2. The van der Waals surface area contributed by atoms with Crippen molar-refractivity contribution in [1.82, 2.24) is 5.32 Å². The number of carbonyl (C=O) groups excluding carboxylic acids is 1. The number of oxime groups is 1. The fraction of sp³-hybridized carbons (Fsp3) is 0.789. The van der Waals surface area contributed by atoms with Gasteiger partial charge in [-0.15, -0.1) is 0 Å². The number of hydrogen-bond donors (Lipinski definition) is 2. The van der Waals surface area contributed by atoms with Gasteiger partial charge in [-0.2, -0.15) is 0 Å². The van der Waals surface area contributed by atoms with Crippen LogP contribution in [0.25, 0.3) is 0 Å². The predicted molar refractivity (Wildman–Crippen MR) is 89.4 cm³/mol. The average Bonchev–Trinajstić information content (AvgIpc) is 2.52. The highest BCUT2D eigenvalue weighted by Crippen LogP contribution is 2.60. The lowest BCUT2D eigenvalue weighted by Crippen LogP contribution is -2.62. The lowest BCUT2D eigenvalue weighted by Gasteiger charge is -2.60. The van der Waals surface area contributed by atoms with Gasteiger partial charge in [0.2, 0.25) is 5.91 Å². The Hall–Kier alpha value is -1.32. The Balaban J connectivity index is 1.66. The predicted octanol–water partition coefficient (Wildman–Crippen LogP) is 3.65. The number of piperidine rings is 1. The van der Waals surface area contributed by atoms with Crippen molar-refractivity contribution in [3.8, 4) is 0 Å². The molecular weight excluding hydrogens is 288 g/mol. The van der Waals surface area contributed by atoms with Gasteiger partial charge in [0.1, 0.15) is 0 Å². The van der Waals surface area contributed by atoms with E-state index < -0.39 is 0 Å². The van der Waals surface area contributed by atoms with E-state index in [0.717, 1.165) is 49.7 Å². The molecule has 2 N–H and O–H groups in total. The molecule has 1 heterocycles. The number of nitrogens with one attached hydrogen (secondary N) is 1. The molecule has 2 saturated carbocycles. The third-order valence-corrected chi connectivity index (χ3v) is 7.60. The van der Waals surface area contributed by atoms with Gasteiger partial charge in [0, 0.05) is 12.0 Å². The first kappa shape index (κ1) is 15.2. The minimum absolute atomic E-state index is 0.0143. The Morgan fingerprint density at radius 2 is 1.96 bits per heavy atom. The summed E-state index contributed by atoms with van der Waals surface area (Å²) in [5.41, 5.74) is 2.63. The van der Waals surface area contributed by atoms with Crippen LogP contribution in [0.15, 0.2) is 16.8 Å². The zero-order valence-corrected chi connectivity index (χ0v) is 14.3. The number of hydrogen-bond acceptors (Lipinski definition) is 3. The van der Waals surface area contributed by atoms with Crippen LogP contribution in [0, 0.1) is 23.2 Å². The molecule has 0 aromatic rings. The van der Waals surface area contributed by atoms with Crippen molar-refractivity contribution < 1.29 is 10.0 Å². The standard InChI is InChI=1S/C19H28N2O2/c1-18-9-7-13(21-23)11-12(18)3-4-14-15(18)8-10-19(2)16(14)5-6-17(22)20-19/h11,14-16,23H,3-10H2,1-2H3,(H,20,22)/b21-13-/t14-,15+,16+,18+,19+/m1/s1. The third-order valence-electron chi connectivity index (χ3n) is 7.60. The molecule has 23 heavy (non-hydrogen) atoms. The molecule has 4 heteroatoms. The molecule has 0 radical (unpaired) electrons. The van der Waals surface area contributed by atoms with Crippen LogP contribution in [0.5, 0.6) is 0 Å². The van der Waals surface area contributed by atoms with E-state index >= 15 is 0 Å². The van der Waals surface area contributed by atoms with Gasteiger partial charge in [0.05, 0.1) is 5.71 Å². The zero-order valence-electron chi connectivity index (χ0n) is 14.3. The van der Waals surface area contributed by atoms with Crippen molar-refractivity contribution in [1.29, 1.82) is 0 Å². The van der Waals surface area contributed by atoms with Crippen molar-refractivity contribution in [2.24, 2.45) is 28.3 Å². The van der Waals surface area contributed by atoms with Gasteiger partial charge in [-0.05, 0) is 81.1 Å². The highest BCUT2D eigenvalue weighted by Gasteiger charge is 2.56. The van der Waals surface area contributed by atoms with E-state index in [-0.39, 0.29) is 16.9 Å². The first-order chi connectivity index (χ1) is 11.0. The Morgan fingerprint density at radius 1 is 1.13 bits per heavy atom. The average molecular weight is 316 g/mol. The second-order valence-electron chi connectivity index (χ2n) is 8.64. The SMILES string of the molecule is C[C@]12CC/C(=N/O)C=C1CC[C@@H]1[C@@H]2CC[C@]2(C)NC(=O)CC[C@@H]12. The van der Waals surface area contributed by atoms with Gasteiger partial charge >= 0.3 is 0 Å². The van der Waals surface area contributed by atoms with Crippen molar-refractivity contribution in [3.05, 3.63) is 11.6 Å². The van der Waals surface area contributed by atoms with E-state index in [9.17, 15) is 4.79 Å². The van der Waals surface area contributed by atoms with Crippen LogP contribution in [-0.4, -0.2) is 22.4 Å². The summed E-state index contributed by atoms with van der Waals surface area (Å²) >= 11 is 0. The topological polar surface area (TPSA) is 61.7 Å². The molecule has 0 bridgehead atoms. The summed E-state index contributed by atoms with van der Waals surface area (Å²) in [6, 6.07) is 0. The summed E-state index contributed by atoms with van der Waals surface area (Å²) in [6.45, 7) is 4.71. The molecule has 1 amide bonds. The largest absolute Gasteiger partial charge is 0.411 e. The Bertz CT molecular complexity index is 596. The molecule has 1 aliphatic heterocycles. The van der Waals surface area contributed by atoms with Crippen molar-refractivity contribution in [3.63, 3.8) is 0 Å². The van der Waals surface area contributed by atoms with Gasteiger partial charge in [-0.3, -0.25) is 4.79 Å². The van der Waals surface area contributed by atoms with E-state index in [1.807, 2.05) is 0 Å². The minimum atomic E-state index is 0.0143. The van der Waals surface area contributed by atoms with Gasteiger partial charge in [0.25, 0.3) is 0 Å². The summed E-state index contributed by atoms with van der Waals surface area (Å²) in [5.74, 6) is 2.32. The highest BCUT2D eigenvalue weighted by atomic mass is 16.4. The smallest absolute Gasteiger partial charge is 0.220 e. The number of allylic oxidation sites excluding steroid dienone is 2. The lowest BCUT2D eigenvalue weighted by molar-refractivity contribution is -0.131. The third kappa shape index (κ3) is 2.17. The van der Waals surface area contributed by atoms with Crippen molar-refractivity contribution in [2.75, 3.05) is 0 Å². The van der Waals surface area contributed by atoms with Crippen LogP contribution in [0.3, 0.4) is 0 Å². The van der Waals surface area contributed by atoms with Crippen molar-refractivity contribution in [2.45, 2.75) is 70.8 Å². The van der Waals surface area contributed by atoms with E-state index in [2.05, 4.69) is 30.4 Å². The lowest BCUT2D eigenvalue weighted by atomic mass is 9.47. The van der Waals surface area contributed by atoms with E-state index in [4.69, 9.17) is 5.21 Å². The Kier molecular flexibility index (Phi) is 3.37. The summed E-state index contributed by atoms with van der Waals surface area (Å²) in [7, 11) is 0. The summed E-state index contributed by atoms with van der Waals surface area (Å²) in [4.78, 5) is 11.9. The quantitative estimate of drug-likeness (QED) is 0.529. The Labute approximate surface area is 138 Å². The van der Waals surface area contributed by atoms with Crippen molar-refractivity contribution >= 4 is 11.6 Å². The molecule has 126 valence electrons. The molecule has 0 spiro atoms. The second-order valence-corrected chi connectivity index (χ2v) is 8.64. The molecule has 3 aliphatic carbocycles.